The average Bonchev–Trinajstić information content (AvgIpc) is 3.01. The fourth-order valence-electron chi connectivity index (χ4n) is 1.81. The lowest BCUT2D eigenvalue weighted by molar-refractivity contribution is -0.120. The monoisotopic (exact) mass is 344 g/mol. The van der Waals surface area contributed by atoms with Crippen molar-refractivity contribution in [2.75, 3.05) is 11.9 Å². The molecule has 0 aliphatic rings. The summed E-state index contributed by atoms with van der Waals surface area (Å²) in [5.41, 5.74) is 4.85. The molecule has 0 aliphatic heterocycles. The van der Waals surface area contributed by atoms with E-state index in [1.165, 1.54) is 23.5 Å². The lowest BCUT2D eigenvalue weighted by Crippen LogP contribution is -2.44. The summed E-state index contributed by atoms with van der Waals surface area (Å²) in [5.74, 6) is -1.09. The number of hydrazine groups is 1. The van der Waals surface area contributed by atoms with E-state index in [1.807, 2.05) is 24.3 Å². The van der Waals surface area contributed by atoms with E-state index in [4.69, 9.17) is 0 Å². The van der Waals surface area contributed by atoms with Gasteiger partial charge in [-0.25, -0.2) is 10.1 Å². The number of hydrogen-bond donors (Lipinski definition) is 4. The van der Waals surface area contributed by atoms with Crippen molar-refractivity contribution >= 4 is 38.5 Å². The fourth-order valence-corrected chi connectivity index (χ4v) is 2.67. The Hall–Kier alpha value is -3.27. The number of thiazole rings is 1. The van der Waals surface area contributed by atoms with Crippen LogP contribution in [0, 0.1) is 0 Å². The molecule has 24 heavy (non-hydrogen) atoms. The van der Waals surface area contributed by atoms with Gasteiger partial charge in [-0.1, -0.05) is 23.5 Å². The Kier molecular flexibility index (Phi) is 4.47. The minimum Gasteiger partial charge on any atom is -0.352 e. The summed E-state index contributed by atoms with van der Waals surface area (Å²) in [4.78, 5) is 38.6. The average molecular weight is 344 g/mol. The minimum absolute atomic E-state index is 0.0194. The van der Waals surface area contributed by atoms with Gasteiger partial charge in [-0.15, -0.1) is 0 Å². The first kappa shape index (κ1) is 15.6. The van der Waals surface area contributed by atoms with Crippen LogP contribution in [0.1, 0.15) is 10.5 Å². The van der Waals surface area contributed by atoms with Crippen LogP contribution in [0.3, 0.4) is 0 Å². The van der Waals surface area contributed by atoms with Crippen LogP contribution in [0.15, 0.2) is 41.2 Å². The topological polar surface area (TPSA) is 129 Å². The van der Waals surface area contributed by atoms with Crippen molar-refractivity contribution in [2.45, 2.75) is 0 Å². The highest BCUT2D eigenvalue weighted by molar-refractivity contribution is 7.22. The quantitative estimate of drug-likeness (QED) is 0.502. The Morgan fingerprint density at radius 1 is 1.12 bits per heavy atom. The molecule has 3 aromatic rings. The minimum atomic E-state index is -0.639. The van der Waals surface area contributed by atoms with Crippen LogP contribution < -0.4 is 21.7 Å². The zero-order valence-electron chi connectivity index (χ0n) is 12.2. The number of aromatic nitrogens is 3. The summed E-state index contributed by atoms with van der Waals surface area (Å²) in [5, 5.41) is 9.18. The molecule has 0 spiro atoms. The van der Waals surface area contributed by atoms with Gasteiger partial charge in [-0.2, -0.15) is 5.10 Å². The first-order valence-electron chi connectivity index (χ1n) is 6.86. The maximum Gasteiger partial charge on any atom is 0.290 e. The first-order chi connectivity index (χ1) is 11.6. The molecule has 4 N–H and O–H groups in total. The van der Waals surface area contributed by atoms with E-state index in [9.17, 15) is 14.4 Å². The van der Waals surface area contributed by atoms with Crippen molar-refractivity contribution in [1.82, 2.24) is 26.0 Å². The SMILES string of the molecule is O=C(CNc1nc2ccccc2s1)NNC(=O)c1ccc(=O)[nH]n1. The predicted molar refractivity (Wildman–Crippen MR) is 88.6 cm³/mol. The summed E-state index contributed by atoms with van der Waals surface area (Å²) in [6, 6.07) is 10.0. The molecular formula is C14H12N6O3S. The van der Waals surface area contributed by atoms with Crippen molar-refractivity contribution in [2.24, 2.45) is 0 Å². The number of carbonyl (C=O) groups excluding carboxylic acids is 2. The van der Waals surface area contributed by atoms with E-state index in [-0.39, 0.29) is 12.2 Å². The number of H-pyrrole nitrogens is 1. The second-order valence-corrected chi connectivity index (χ2v) is 5.68. The van der Waals surface area contributed by atoms with Gasteiger partial charge in [0.25, 0.3) is 17.4 Å². The second kappa shape index (κ2) is 6.87. The second-order valence-electron chi connectivity index (χ2n) is 4.65. The molecule has 10 heteroatoms. The van der Waals surface area contributed by atoms with E-state index in [0.29, 0.717) is 5.13 Å². The fraction of sp³-hybridized carbons (Fsp3) is 0.0714. The summed E-state index contributed by atoms with van der Waals surface area (Å²) in [6.07, 6.45) is 0. The van der Waals surface area contributed by atoms with Gasteiger partial charge in [0.05, 0.1) is 16.8 Å². The Balaban J connectivity index is 1.49. The third kappa shape index (κ3) is 3.73. The first-order valence-corrected chi connectivity index (χ1v) is 7.68. The van der Waals surface area contributed by atoms with Gasteiger partial charge in [0, 0.05) is 6.07 Å². The van der Waals surface area contributed by atoms with Crippen LogP contribution in [0.5, 0.6) is 0 Å². The molecule has 9 nitrogen and oxygen atoms in total. The van der Waals surface area contributed by atoms with Crippen LogP contribution in [-0.2, 0) is 4.79 Å². The number of carbonyl (C=O) groups is 2. The van der Waals surface area contributed by atoms with Crippen molar-refractivity contribution in [3.8, 4) is 0 Å². The molecule has 2 aromatic heterocycles. The normalized spacial score (nSPS) is 10.3. The highest BCUT2D eigenvalue weighted by Gasteiger charge is 2.09. The molecule has 122 valence electrons. The molecule has 3 rings (SSSR count). The Bertz CT molecular complexity index is 897. The number of nitrogens with zero attached hydrogens (tertiary/aromatic N) is 2. The van der Waals surface area contributed by atoms with Crippen LogP contribution in [0.25, 0.3) is 10.2 Å². The molecule has 0 bridgehead atoms. The van der Waals surface area contributed by atoms with Crippen LogP contribution in [0.4, 0.5) is 5.13 Å². The van der Waals surface area contributed by atoms with Crippen LogP contribution in [0.2, 0.25) is 0 Å². The van der Waals surface area contributed by atoms with Gasteiger partial charge >= 0.3 is 0 Å². The maximum atomic E-state index is 11.7. The van der Waals surface area contributed by atoms with Crippen molar-refractivity contribution in [3.63, 3.8) is 0 Å². The van der Waals surface area contributed by atoms with Gasteiger partial charge in [-0.05, 0) is 18.2 Å². The molecule has 0 atom stereocenters. The highest BCUT2D eigenvalue weighted by atomic mass is 32.1. The number of aromatic amines is 1. The largest absolute Gasteiger partial charge is 0.352 e. The maximum absolute atomic E-state index is 11.7. The number of hydrogen-bond acceptors (Lipinski definition) is 7. The Morgan fingerprint density at radius 3 is 2.71 bits per heavy atom. The molecule has 2 heterocycles. The molecule has 0 unspecified atom stereocenters. The van der Waals surface area contributed by atoms with Gasteiger partial charge < -0.3 is 5.32 Å². The highest BCUT2D eigenvalue weighted by Crippen LogP contribution is 2.24. The zero-order valence-corrected chi connectivity index (χ0v) is 13.0. The van der Waals surface area contributed by atoms with E-state index in [2.05, 4.69) is 31.3 Å². The molecule has 0 aliphatic carbocycles. The van der Waals surface area contributed by atoms with E-state index >= 15 is 0 Å². The Labute approximate surface area is 139 Å². The van der Waals surface area contributed by atoms with E-state index < -0.39 is 17.4 Å². The van der Waals surface area contributed by atoms with E-state index in [1.54, 1.807) is 0 Å². The molecule has 1 aromatic carbocycles. The summed E-state index contributed by atoms with van der Waals surface area (Å²) in [7, 11) is 0. The molecular weight excluding hydrogens is 332 g/mol. The number of fused-ring (bicyclic) bond motifs is 1. The Morgan fingerprint density at radius 2 is 1.96 bits per heavy atom. The van der Waals surface area contributed by atoms with Gasteiger partial charge in [0.2, 0.25) is 0 Å². The lowest BCUT2D eigenvalue weighted by Gasteiger charge is -2.06. The van der Waals surface area contributed by atoms with Gasteiger partial charge in [0.15, 0.2) is 10.8 Å². The van der Waals surface area contributed by atoms with Crippen molar-refractivity contribution < 1.29 is 9.59 Å². The van der Waals surface area contributed by atoms with Gasteiger partial charge in [0.1, 0.15) is 0 Å². The van der Waals surface area contributed by atoms with E-state index in [0.717, 1.165) is 10.2 Å². The number of rotatable bonds is 4. The van der Waals surface area contributed by atoms with Crippen molar-refractivity contribution in [3.05, 3.63) is 52.4 Å². The third-order valence-electron chi connectivity index (χ3n) is 2.92. The number of amides is 2. The number of para-hydroxylation sites is 1. The van der Waals surface area contributed by atoms with Gasteiger partial charge in [-0.3, -0.25) is 25.2 Å². The summed E-state index contributed by atoms with van der Waals surface area (Å²) >= 11 is 1.43. The predicted octanol–water partition coefficient (Wildman–Crippen LogP) is 0.253. The summed E-state index contributed by atoms with van der Waals surface area (Å²) < 4.78 is 1.01. The molecule has 2 amide bonds. The summed E-state index contributed by atoms with van der Waals surface area (Å²) in [6.45, 7) is -0.0564. The standard InChI is InChI=1S/C14H12N6O3S/c21-11-6-5-9(17-18-11)13(23)20-19-12(22)7-15-14-16-8-3-1-2-4-10(8)24-14/h1-6H,7H2,(H,15,16)(H,18,21)(H,19,22)(H,20,23). The lowest BCUT2D eigenvalue weighted by atomic mass is 10.3. The molecule has 0 fully saturated rings. The van der Waals surface area contributed by atoms with Crippen LogP contribution in [-0.4, -0.2) is 33.5 Å². The smallest absolute Gasteiger partial charge is 0.290 e. The molecule has 0 radical (unpaired) electrons. The number of benzene rings is 1. The van der Waals surface area contributed by atoms with Crippen molar-refractivity contribution in [1.29, 1.82) is 0 Å². The molecule has 0 saturated heterocycles. The number of anilines is 1. The molecule has 0 saturated carbocycles. The van der Waals surface area contributed by atoms with Crippen LogP contribution >= 0.6 is 11.3 Å². The number of nitrogens with one attached hydrogen (secondary N) is 4. The third-order valence-corrected chi connectivity index (χ3v) is 3.92. The zero-order chi connectivity index (χ0) is 16.9.